The third-order valence-corrected chi connectivity index (χ3v) is 2.65. The summed E-state index contributed by atoms with van der Waals surface area (Å²) < 4.78 is 0. The molecule has 100 valence electrons. The van der Waals surface area contributed by atoms with Crippen LogP contribution in [0, 0.1) is 5.92 Å². The fourth-order valence-electron chi connectivity index (χ4n) is 1.58. The smallest absolute Gasteiger partial charge is 0.125 e. The van der Waals surface area contributed by atoms with Gasteiger partial charge in [0.2, 0.25) is 0 Å². The molecule has 0 radical (unpaired) electrons. The lowest BCUT2D eigenvalue weighted by molar-refractivity contribution is 0.258. The van der Waals surface area contributed by atoms with E-state index < -0.39 is 0 Å². The van der Waals surface area contributed by atoms with Gasteiger partial charge < -0.3 is 10.6 Å². The number of nitrogens with zero attached hydrogens (tertiary/aromatic N) is 2. The predicted octanol–water partition coefficient (Wildman–Crippen LogP) is 3.02. The zero-order valence-corrected chi connectivity index (χ0v) is 12.5. The lowest BCUT2D eigenvalue weighted by Crippen LogP contribution is -2.43. The van der Waals surface area contributed by atoms with Gasteiger partial charge in [0.25, 0.3) is 0 Å². The molecule has 0 unspecified atom stereocenters. The third-order valence-electron chi connectivity index (χ3n) is 2.65. The Labute approximate surface area is 107 Å². The largest absolute Gasteiger partial charge is 0.402 e. The van der Waals surface area contributed by atoms with Crippen LogP contribution in [0.4, 0.5) is 0 Å². The molecule has 0 aromatic carbocycles. The zero-order valence-electron chi connectivity index (χ0n) is 12.5. The molecule has 0 aliphatic carbocycles. The number of rotatable bonds is 2. The van der Waals surface area contributed by atoms with Gasteiger partial charge in [-0.05, 0) is 32.8 Å². The number of hydrogen-bond donors (Lipinski definition) is 1. The van der Waals surface area contributed by atoms with Gasteiger partial charge in [-0.15, -0.1) is 0 Å². The predicted molar refractivity (Wildman–Crippen MR) is 77.2 cm³/mol. The van der Waals surface area contributed by atoms with Crippen molar-refractivity contribution in [1.82, 2.24) is 4.90 Å². The van der Waals surface area contributed by atoms with E-state index in [9.17, 15) is 0 Å². The first-order chi connectivity index (χ1) is 7.82. The van der Waals surface area contributed by atoms with Crippen LogP contribution in [0.25, 0.3) is 0 Å². The van der Waals surface area contributed by atoms with Crippen LogP contribution in [0.15, 0.2) is 16.8 Å². The van der Waals surface area contributed by atoms with Crippen molar-refractivity contribution in [2.24, 2.45) is 16.6 Å². The summed E-state index contributed by atoms with van der Waals surface area (Å²) in [4.78, 5) is 6.80. The molecule has 3 heteroatoms. The molecule has 1 heterocycles. The number of aliphatic imine (C=N–C) groups is 1. The van der Waals surface area contributed by atoms with Crippen molar-refractivity contribution in [3.05, 3.63) is 11.8 Å². The summed E-state index contributed by atoms with van der Waals surface area (Å²) in [5.74, 6) is 1.42. The van der Waals surface area contributed by atoms with Gasteiger partial charge in [0.05, 0.1) is 6.54 Å². The highest BCUT2D eigenvalue weighted by atomic mass is 15.3. The maximum absolute atomic E-state index is 5.96. The fourth-order valence-corrected chi connectivity index (χ4v) is 1.58. The summed E-state index contributed by atoms with van der Waals surface area (Å²) in [7, 11) is 0. The van der Waals surface area contributed by atoms with Crippen molar-refractivity contribution in [3.8, 4) is 0 Å². The molecule has 0 saturated carbocycles. The molecule has 0 atom stereocenters. The van der Waals surface area contributed by atoms with Gasteiger partial charge in [-0.2, -0.15) is 0 Å². The molecule has 1 rings (SSSR count). The Kier molecular flexibility index (Phi) is 6.29. The Bertz CT molecular complexity index is 282. The number of allylic oxidation sites excluding steroid dienone is 1. The molecule has 0 spiro atoms. The van der Waals surface area contributed by atoms with Crippen LogP contribution < -0.4 is 5.73 Å². The second kappa shape index (κ2) is 6.67. The lowest BCUT2D eigenvalue weighted by Gasteiger charge is -2.34. The van der Waals surface area contributed by atoms with Crippen LogP contribution in [0.1, 0.15) is 48.5 Å². The first-order valence-electron chi connectivity index (χ1n) is 6.61. The number of amidine groups is 1. The Hall–Kier alpha value is -0.990. The fraction of sp³-hybridized carbons (Fsp3) is 0.786. The number of hydrogen-bond acceptors (Lipinski definition) is 3. The molecule has 0 bridgehead atoms. The van der Waals surface area contributed by atoms with Crippen molar-refractivity contribution in [2.75, 3.05) is 13.1 Å². The van der Waals surface area contributed by atoms with Gasteiger partial charge in [-0.3, -0.25) is 4.99 Å². The maximum Gasteiger partial charge on any atom is 0.125 e. The molecule has 0 fully saturated rings. The van der Waals surface area contributed by atoms with Crippen molar-refractivity contribution in [3.63, 3.8) is 0 Å². The van der Waals surface area contributed by atoms with Crippen molar-refractivity contribution >= 4 is 5.84 Å². The highest BCUT2D eigenvalue weighted by Crippen LogP contribution is 2.19. The van der Waals surface area contributed by atoms with Crippen LogP contribution in [0.2, 0.25) is 0 Å². The summed E-state index contributed by atoms with van der Waals surface area (Å²) in [6.45, 7) is 16.7. The van der Waals surface area contributed by atoms with E-state index in [1.165, 1.54) is 0 Å². The van der Waals surface area contributed by atoms with Crippen molar-refractivity contribution in [1.29, 1.82) is 0 Å². The monoisotopic (exact) mass is 239 g/mol. The van der Waals surface area contributed by atoms with Gasteiger partial charge in [0, 0.05) is 17.8 Å². The van der Waals surface area contributed by atoms with E-state index in [1.807, 2.05) is 19.9 Å². The van der Waals surface area contributed by atoms with Gasteiger partial charge in [0.1, 0.15) is 5.84 Å². The first-order valence-corrected chi connectivity index (χ1v) is 6.61. The topological polar surface area (TPSA) is 41.6 Å². The Morgan fingerprint density at radius 2 is 1.88 bits per heavy atom. The Morgan fingerprint density at radius 3 is 2.29 bits per heavy atom. The molecular formula is C14H29N3. The summed E-state index contributed by atoms with van der Waals surface area (Å²) >= 11 is 0. The molecule has 1 aliphatic rings. The van der Waals surface area contributed by atoms with Crippen LogP contribution in [0.3, 0.4) is 0 Å². The van der Waals surface area contributed by atoms with Crippen LogP contribution in [0.5, 0.6) is 0 Å². The molecule has 0 aromatic heterocycles. The standard InChI is InChI=1S/C12H23N3.C2H6/c1-9(2)10(13)8-11-14-6-7-15(11)12(3,4)5;1-2/h8-9H,6-7,13H2,1-5H3;1-2H3/b10-8-;. The molecular weight excluding hydrogens is 210 g/mol. The minimum absolute atomic E-state index is 0.128. The van der Waals surface area contributed by atoms with Crippen LogP contribution in [-0.2, 0) is 0 Å². The van der Waals surface area contributed by atoms with E-state index >= 15 is 0 Å². The van der Waals surface area contributed by atoms with E-state index in [2.05, 4.69) is 44.5 Å². The molecule has 0 saturated heterocycles. The van der Waals surface area contributed by atoms with Gasteiger partial charge in [-0.1, -0.05) is 27.7 Å². The van der Waals surface area contributed by atoms with E-state index in [0.29, 0.717) is 5.92 Å². The average molecular weight is 239 g/mol. The summed E-state index contributed by atoms with van der Waals surface area (Å²) in [5.41, 5.74) is 6.99. The van der Waals surface area contributed by atoms with Gasteiger partial charge >= 0.3 is 0 Å². The zero-order chi connectivity index (χ0) is 13.6. The lowest BCUT2D eigenvalue weighted by atomic mass is 10.1. The van der Waals surface area contributed by atoms with E-state index in [0.717, 1.165) is 24.6 Å². The summed E-state index contributed by atoms with van der Waals surface area (Å²) in [5, 5.41) is 0. The molecule has 1 aliphatic heterocycles. The SMILES string of the molecule is CC.CC(C)/C(N)=C/C1=NCCN1C(C)(C)C. The minimum atomic E-state index is 0.128. The molecule has 0 aromatic rings. The minimum Gasteiger partial charge on any atom is -0.402 e. The average Bonchev–Trinajstić information content (AvgIpc) is 2.68. The highest BCUT2D eigenvalue weighted by Gasteiger charge is 2.26. The van der Waals surface area contributed by atoms with Gasteiger partial charge in [-0.25, -0.2) is 0 Å². The van der Waals surface area contributed by atoms with Crippen molar-refractivity contribution in [2.45, 2.75) is 54.0 Å². The van der Waals surface area contributed by atoms with E-state index in [-0.39, 0.29) is 5.54 Å². The molecule has 3 nitrogen and oxygen atoms in total. The molecule has 0 amide bonds. The number of nitrogens with two attached hydrogens (primary N) is 1. The maximum atomic E-state index is 5.96. The normalized spacial score (nSPS) is 16.8. The molecule has 2 N–H and O–H groups in total. The third kappa shape index (κ3) is 4.80. The Balaban J connectivity index is 0.00000121. The quantitative estimate of drug-likeness (QED) is 0.805. The van der Waals surface area contributed by atoms with Crippen LogP contribution >= 0.6 is 0 Å². The van der Waals surface area contributed by atoms with Crippen molar-refractivity contribution < 1.29 is 0 Å². The van der Waals surface area contributed by atoms with E-state index in [1.54, 1.807) is 0 Å². The second-order valence-electron chi connectivity index (χ2n) is 5.36. The molecule has 17 heavy (non-hydrogen) atoms. The van der Waals surface area contributed by atoms with Crippen LogP contribution in [-0.4, -0.2) is 29.4 Å². The summed E-state index contributed by atoms with van der Waals surface area (Å²) in [6, 6.07) is 0. The summed E-state index contributed by atoms with van der Waals surface area (Å²) in [6.07, 6.45) is 2.02. The highest BCUT2D eigenvalue weighted by molar-refractivity contribution is 5.95. The second-order valence-corrected chi connectivity index (χ2v) is 5.36. The first kappa shape index (κ1) is 16.0. The van der Waals surface area contributed by atoms with Gasteiger partial charge in [0.15, 0.2) is 0 Å². The Morgan fingerprint density at radius 1 is 1.35 bits per heavy atom. The van der Waals surface area contributed by atoms with E-state index in [4.69, 9.17) is 5.73 Å².